The summed E-state index contributed by atoms with van der Waals surface area (Å²) in [5.74, 6) is -0.359. The van der Waals surface area contributed by atoms with Crippen LogP contribution < -0.4 is 4.72 Å². The number of rotatable bonds is 5. The molecule has 0 spiro atoms. The van der Waals surface area contributed by atoms with Gasteiger partial charge in [-0.1, -0.05) is 0 Å². The van der Waals surface area contributed by atoms with Crippen LogP contribution in [0.4, 0.5) is 4.79 Å². The highest BCUT2D eigenvalue weighted by atomic mass is 32.3. The van der Waals surface area contributed by atoms with Crippen LogP contribution in [0.1, 0.15) is 19.3 Å². The number of hydrogen-bond acceptors (Lipinski definition) is 7. The molecule has 0 aromatic rings. The summed E-state index contributed by atoms with van der Waals surface area (Å²) in [5, 5.41) is 8.53. The maximum absolute atomic E-state index is 12.2. The molecular formula is C10H17N5O7S2. The SMILES string of the molecule is N=C(NS(=O)(=O)N1CCC1)C1CCC2CN1C(=O)N2OS(=O)(=O)O. The highest BCUT2D eigenvalue weighted by molar-refractivity contribution is 7.87. The van der Waals surface area contributed by atoms with Crippen LogP contribution in [0.2, 0.25) is 0 Å². The summed E-state index contributed by atoms with van der Waals surface area (Å²) in [6.07, 6.45) is 1.32. The van der Waals surface area contributed by atoms with Crippen molar-refractivity contribution < 1.29 is 30.5 Å². The Kier molecular flexibility index (Phi) is 4.19. The second-order valence-electron chi connectivity index (χ2n) is 5.78. The molecule has 3 saturated heterocycles. The van der Waals surface area contributed by atoms with E-state index in [1.807, 2.05) is 0 Å². The zero-order valence-corrected chi connectivity index (χ0v) is 14.1. The number of nitrogens with zero attached hydrogens (tertiary/aromatic N) is 3. The maximum Gasteiger partial charge on any atom is 0.418 e. The zero-order valence-electron chi connectivity index (χ0n) is 12.5. The van der Waals surface area contributed by atoms with Crippen LogP contribution in [0.3, 0.4) is 0 Å². The first-order chi connectivity index (χ1) is 11.1. The van der Waals surface area contributed by atoms with Crippen molar-refractivity contribution in [2.45, 2.75) is 31.3 Å². The first-order valence-electron chi connectivity index (χ1n) is 7.22. The van der Waals surface area contributed by atoms with Crippen LogP contribution in [-0.4, -0.2) is 79.2 Å². The van der Waals surface area contributed by atoms with Gasteiger partial charge in [0.1, 0.15) is 5.84 Å². The molecule has 2 atom stereocenters. The maximum atomic E-state index is 12.2. The zero-order chi connectivity index (χ0) is 17.7. The average Bonchev–Trinajstić information content (AvgIpc) is 2.59. The smallest absolute Gasteiger partial charge is 0.310 e. The monoisotopic (exact) mass is 383 g/mol. The number of nitrogens with one attached hydrogen (secondary N) is 2. The predicted molar refractivity (Wildman–Crippen MR) is 79.4 cm³/mol. The lowest BCUT2D eigenvalue weighted by Gasteiger charge is -2.34. The molecule has 3 N–H and O–H groups in total. The molecule has 0 aromatic heterocycles. The lowest BCUT2D eigenvalue weighted by molar-refractivity contribution is -0.0316. The fourth-order valence-electron chi connectivity index (χ4n) is 2.93. The van der Waals surface area contributed by atoms with Crippen LogP contribution in [-0.2, 0) is 24.9 Å². The summed E-state index contributed by atoms with van der Waals surface area (Å²) in [5.41, 5.74) is 0. The van der Waals surface area contributed by atoms with Crippen molar-refractivity contribution in [1.82, 2.24) is 19.0 Å². The Bertz CT molecular complexity index is 762. The summed E-state index contributed by atoms with van der Waals surface area (Å²) in [4.78, 5) is 13.4. The molecular weight excluding hydrogens is 366 g/mol. The van der Waals surface area contributed by atoms with Gasteiger partial charge < -0.3 is 4.90 Å². The van der Waals surface area contributed by atoms with Gasteiger partial charge in [-0.25, -0.2) is 4.79 Å². The first kappa shape index (κ1) is 17.3. The van der Waals surface area contributed by atoms with Gasteiger partial charge in [0.2, 0.25) is 0 Å². The van der Waals surface area contributed by atoms with Crippen molar-refractivity contribution >= 4 is 32.5 Å². The topological polar surface area (TPSA) is 160 Å². The largest absolute Gasteiger partial charge is 0.418 e. The molecule has 12 nitrogen and oxygen atoms in total. The number of hydrogen-bond donors (Lipinski definition) is 3. The second kappa shape index (κ2) is 5.80. The molecule has 24 heavy (non-hydrogen) atoms. The van der Waals surface area contributed by atoms with Crippen LogP contribution in [0.5, 0.6) is 0 Å². The van der Waals surface area contributed by atoms with Crippen molar-refractivity contribution in [3.05, 3.63) is 0 Å². The third kappa shape index (κ3) is 3.19. The van der Waals surface area contributed by atoms with Crippen LogP contribution in [0.25, 0.3) is 0 Å². The third-order valence-electron chi connectivity index (χ3n) is 4.22. The minimum Gasteiger partial charge on any atom is -0.310 e. The minimum atomic E-state index is -4.85. The number of fused-ring (bicyclic) bond motifs is 2. The number of hydroxylamine groups is 2. The van der Waals surface area contributed by atoms with Crippen molar-refractivity contribution in [1.29, 1.82) is 5.41 Å². The number of carbonyl (C=O) groups excluding carboxylic acids is 1. The number of amidine groups is 1. The fraction of sp³-hybridized carbons (Fsp3) is 0.800. The first-order valence-corrected chi connectivity index (χ1v) is 10.0. The molecule has 0 aliphatic carbocycles. The Morgan fingerprint density at radius 3 is 2.46 bits per heavy atom. The van der Waals surface area contributed by atoms with E-state index in [2.05, 4.69) is 9.01 Å². The number of piperidine rings is 1. The molecule has 0 aromatic carbocycles. The number of urea groups is 1. The minimum absolute atomic E-state index is 0.0762. The Hall–Kier alpha value is -1.48. The van der Waals surface area contributed by atoms with E-state index >= 15 is 0 Å². The summed E-state index contributed by atoms with van der Waals surface area (Å²) < 4.78 is 62.0. The van der Waals surface area contributed by atoms with E-state index in [1.165, 1.54) is 4.31 Å². The van der Waals surface area contributed by atoms with Gasteiger partial charge in [-0.3, -0.25) is 14.7 Å². The van der Waals surface area contributed by atoms with E-state index in [4.69, 9.17) is 9.96 Å². The molecule has 2 amide bonds. The number of amides is 2. The van der Waals surface area contributed by atoms with Gasteiger partial charge >= 0.3 is 26.6 Å². The molecule has 3 aliphatic rings. The van der Waals surface area contributed by atoms with Crippen molar-refractivity contribution in [2.24, 2.45) is 0 Å². The standard InChI is InChI=1S/C10H17N5O7S2/c11-9(12-23(17,18)13-4-1-5-13)8-3-2-7-6-14(8)10(16)15(7)22-24(19,20)21/h7-8H,1-6H2,(H2,11,12)(H,19,20,21). The summed E-state index contributed by atoms with van der Waals surface area (Å²) >= 11 is 0. The van der Waals surface area contributed by atoms with Crippen LogP contribution in [0, 0.1) is 5.41 Å². The normalized spacial score (nSPS) is 28.0. The van der Waals surface area contributed by atoms with E-state index in [-0.39, 0.29) is 18.8 Å². The summed E-state index contributed by atoms with van der Waals surface area (Å²) in [7, 11) is -8.66. The van der Waals surface area contributed by atoms with Gasteiger partial charge in [-0.2, -0.15) is 26.2 Å². The molecule has 3 rings (SSSR count). The van der Waals surface area contributed by atoms with Crippen molar-refractivity contribution in [3.8, 4) is 0 Å². The summed E-state index contributed by atoms with van der Waals surface area (Å²) in [6, 6.07) is -2.26. The van der Waals surface area contributed by atoms with E-state index in [9.17, 15) is 21.6 Å². The van der Waals surface area contributed by atoms with Crippen molar-refractivity contribution in [2.75, 3.05) is 19.6 Å². The van der Waals surface area contributed by atoms with Crippen molar-refractivity contribution in [3.63, 3.8) is 0 Å². The number of carbonyl (C=O) groups is 1. The Labute approximate surface area is 138 Å². The van der Waals surface area contributed by atoms with E-state index in [0.717, 1.165) is 11.3 Å². The third-order valence-corrected chi connectivity index (χ3v) is 6.10. The predicted octanol–water partition coefficient (Wildman–Crippen LogP) is -1.49. The fourth-order valence-corrected chi connectivity index (χ4v) is 4.60. The summed E-state index contributed by atoms with van der Waals surface area (Å²) in [6.45, 7) is 0.842. The van der Waals surface area contributed by atoms with Gasteiger partial charge in [0, 0.05) is 19.6 Å². The molecule has 2 unspecified atom stereocenters. The van der Waals surface area contributed by atoms with Gasteiger partial charge in [0.25, 0.3) is 0 Å². The molecule has 136 valence electrons. The van der Waals surface area contributed by atoms with Gasteiger partial charge in [0.15, 0.2) is 0 Å². The van der Waals surface area contributed by atoms with E-state index in [1.54, 1.807) is 0 Å². The highest BCUT2D eigenvalue weighted by Crippen LogP contribution is 2.31. The average molecular weight is 383 g/mol. The lowest BCUT2D eigenvalue weighted by atomic mass is 10.0. The molecule has 0 saturated carbocycles. The quantitative estimate of drug-likeness (QED) is 0.296. The van der Waals surface area contributed by atoms with Gasteiger partial charge in [-0.05, 0) is 19.3 Å². The molecule has 2 bridgehead atoms. The second-order valence-corrected chi connectivity index (χ2v) is 8.46. The molecule has 14 heteroatoms. The highest BCUT2D eigenvalue weighted by Gasteiger charge is 2.49. The van der Waals surface area contributed by atoms with Crippen LogP contribution >= 0.6 is 0 Å². The molecule has 0 radical (unpaired) electrons. The Morgan fingerprint density at radius 2 is 1.92 bits per heavy atom. The molecule has 3 aliphatic heterocycles. The molecule has 3 fully saturated rings. The molecule has 3 heterocycles. The van der Waals surface area contributed by atoms with Gasteiger partial charge in [-0.15, -0.1) is 4.28 Å². The van der Waals surface area contributed by atoms with Gasteiger partial charge in [0.05, 0.1) is 12.1 Å². The Balaban J connectivity index is 1.70. The van der Waals surface area contributed by atoms with Crippen LogP contribution in [0.15, 0.2) is 0 Å². The van der Waals surface area contributed by atoms with E-state index in [0.29, 0.717) is 24.6 Å². The lowest BCUT2D eigenvalue weighted by Crippen LogP contribution is -2.55. The Morgan fingerprint density at radius 1 is 1.25 bits per heavy atom. The van der Waals surface area contributed by atoms with E-state index < -0.39 is 38.7 Å².